The van der Waals surface area contributed by atoms with Crippen LogP contribution in [0, 0.1) is 0 Å². The predicted octanol–water partition coefficient (Wildman–Crippen LogP) is 2.54. The number of hydrogen-bond donors (Lipinski definition) is 1. The number of ketones is 1. The van der Waals surface area contributed by atoms with Crippen molar-refractivity contribution in [1.29, 1.82) is 0 Å². The number of aromatic amines is 1. The summed E-state index contributed by atoms with van der Waals surface area (Å²) in [5, 5.41) is 3.68. The highest BCUT2D eigenvalue weighted by atomic mass is 16.6. The van der Waals surface area contributed by atoms with Crippen molar-refractivity contribution in [3.05, 3.63) is 115 Å². The second kappa shape index (κ2) is 12.0. The highest BCUT2D eigenvalue weighted by molar-refractivity contribution is 5.90. The number of Topliss-reactive ketones (excluding diaryl/α,β-unsaturated/α-hetero) is 1. The van der Waals surface area contributed by atoms with E-state index in [1.165, 1.54) is 24.3 Å². The van der Waals surface area contributed by atoms with Crippen molar-refractivity contribution in [2.75, 3.05) is 0 Å². The molecular formula is C26H23N5O8. The number of esters is 2. The molecule has 1 N–H and O–H groups in total. The van der Waals surface area contributed by atoms with Crippen molar-refractivity contribution in [3.63, 3.8) is 0 Å². The van der Waals surface area contributed by atoms with E-state index in [2.05, 4.69) is 15.0 Å². The zero-order valence-electron chi connectivity index (χ0n) is 20.6. The van der Waals surface area contributed by atoms with Gasteiger partial charge in [-0.3, -0.25) is 19.1 Å². The number of benzene rings is 2. The van der Waals surface area contributed by atoms with Gasteiger partial charge in [0.2, 0.25) is 0 Å². The second-order valence-electron chi connectivity index (χ2n) is 8.45. The van der Waals surface area contributed by atoms with Gasteiger partial charge in [-0.15, -0.1) is 0 Å². The fourth-order valence-corrected chi connectivity index (χ4v) is 4.14. The zero-order chi connectivity index (χ0) is 27.9. The summed E-state index contributed by atoms with van der Waals surface area (Å²) in [5.74, 6) is -2.26. The lowest BCUT2D eigenvalue weighted by atomic mass is 9.92. The number of carbonyl (C=O) groups is 3. The third kappa shape index (κ3) is 5.95. The van der Waals surface area contributed by atoms with Crippen molar-refractivity contribution in [1.82, 2.24) is 9.55 Å². The zero-order valence-corrected chi connectivity index (χ0v) is 20.6. The summed E-state index contributed by atoms with van der Waals surface area (Å²) < 4.78 is 18.3. The molecule has 0 spiro atoms. The van der Waals surface area contributed by atoms with Crippen LogP contribution in [-0.4, -0.2) is 51.6 Å². The molecule has 1 saturated heterocycles. The molecule has 13 nitrogen and oxygen atoms in total. The standard InChI is InChI=1S/C26H23N5O8/c1-2-17(32)20-19(29-30-27)21(38-24(34)15-9-5-3-6-10-15)22(39-25(35)16-11-7-4-8-12-16)23(37-20)31-14-13-18(33)28-26(31)36/h3-14,19-23H,2H2,1H3,(H,28,33,36). The van der Waals surface area contributed by atoms with E-state index < -0.39 is 59.6 Å². The third-order valence-electron chi connectivity index (χ3n) is 6.02. The highest BCUT2D eigenvalue weighted by Gasteiger charge is 2.53. The first-order chi connectivity index (χ1) is 18.8. The SMILES string of the molecule is CCC(=O)C1OC(n2ccc(=O)[nH]c2=O)C(OC(=O)c2ccccc2)C(OC(=O)c2ccccc2)C1N=[N+]=[N-]. The van der Waals surface area contributed by atoms with Crippen LogP contribution in [0.4, 0.5) is 0 Å². The van der Waals surface area contributed by atoms with E-state index in [1.54, 1.807) is 43.3 Å². The van der Waals surface area contributed by atoms with Gasteiger partial charge in [-0.25, -0.2) is 14.4 Å². The Hall–Kier alpha value is -5.00. The number of carbonyl (C=O) groups excluding carboxylic acids is 3. The molecule has 1 aliphatic heterocycles. The molecule has 2 aromatic carbocycles. The molecule has 200 valence electrons. The van der Waals surface area contributed by atoms with Crippen LogP contribution in [0.2, 0.25) is 0 Å². The monoisotopic (exact) mass is 533 g/mol. The third-order valence-corrected chi connectivity index (χ3v) is 6.02. The highest BCUT2D eigenvalue weighted by Crippen LogP contribution is 2.35. The average molecular weight is 533 g/mol. The summed E-state index contributed by atoms with van der Waals surface area (Å²) in [6.07, 6.45) is -5.16. The summed E-state index contributed by atoms with van der Waals surface area (Å²) in [6.45, 7) is 1.55. The molecule has 1 aromatic heterocycles. The smallest absolute Gasteiger partial charge is 0.338 e. The molecule has 1 fully saturated rings. The molecule has 1 aliphatic rings. The Balaban J connectivity index is 1.86. The number of aromatic nitrogens is 2. The molecule has 2 heterocycles. The maximum Gasteiger partial charge on any atom is 0.338 e. The van der Waals surface area contributed by atoms with Crippen LogP contribution in [0.25, 0.3) is 10.4 Å². The van der Waals surface area contributed by atoms with Crippen LogP contribution in [0.3, 0.4) is 0 Å². The summed E-state index contributed by atoms with van der Waals surface area (Å²) >= 11 is 0. The van der Waals surface area contributed by atoms with Crippen LogP contribution < -0.4 is 11.2 Å². The molecule has 4 rings (SSSR count). The van der Waals surface area contributed by atoms with Crippen LogP contribution >= 0.6 is 0 Å². The lowest BCUT2D eigenvalue weighted by molar-refractivity contribution is -0.208. The van der Waals surface area contributed by atoms with Gasteiger partial charge in [-0.05, 0) is 29.8 Å². The van der Waals surface area contributed by atoms with E-state index in [0.29, 0.717) is 0 Å². The van der Waals surface area contributed by atoms with Gasteiger partial charge >= 0.3 is 17.6 Å². The Morgan fingerprint density at radius 1 is 0.949 bits per heavy atom. The lowest BCUT2D eigenvalue weighted by Crippen LogP contribution is -2.60. The molecule has 5 unspecified atom stereocenters. The van der Waals surface area contributed by atoms with Crippen LogP contribution in [0.1, 0.15) is 40.3 Å². The van der Waals surface area contributed by atoms with Crippen molar-refractivity contribution in [3.8, 4) is 0 Å². The van der Waals surface area contributed by atoms with E-state index in [1.807, 2.05) is 0 Å². The molecule has 0 saturated carbocycles. The molecule has 39 heavy (non-hydrogen) atoms. The Bertz CT molecular complexity index is 1510. The van der Waals surface area contributed by atoms with Gasteiger partial charge in [0.25, 0.3) is 5.56 Å². The van der Waals surface area contributed by atoms with Gasteiger partial charge in [-0.1, -0.05) is 48.4 Å². The summed E-state index contributed by atoms with van der Waals surface area (Å²) in [4.78, 5) is 68.5. The minimum atomic E-state index is -1.59. The first kappa shape index (κ1) is 27.0. The summed E-state index contributed by atoms with van der Waals surface area (Å²) in [6, 6.07) is 15.3. The molecule has 0 radical (unpaired) electrons. The maximum atomic E-state index is 13.1. The molecule has 5 atom stereocenters. The number of nitrogens with one attached hydrogen (secondary N) is 1. The van der Waals surface area contributed by atoms with Crippen LogP contribution in [0.15, 0.2) is 87.6 Å². The van der Waals surface area contributed by atoms with Crippen molar-refractivity contribution in [2.24, 2.45) is 5.11 Å². The van der Waals surface area contributed by atoms with E-state index in [4.69, 9.17) is 14.2 Å². The molecule has 0 amide bonds. The van der Waals surface area contributed by atoms with Gasteiger partial charge in [0.15, 0.2) is 24.2 Å². The lowest BCUT2D eigenvalue weighted by Gasteiger charge is -2.43. The molecule has 0 aliphatic carbocycles. The Labute approximate surface area is 220 Å². The normalized spacial score (nSPS) is 22.2. The number of H-pyrrole nitrogens is 1. The molecule has 0 bridgehead atoms. The van der Waals surface area contributed by atoms with Gasteiger partial charge in [0.05, 0.1) is 11.1 Å². The minimum absolute atomic E-state index is 0.0524. The predicted molar refractivity (Wildman–Crippen MR) is 135 cm³/mol. The van der Waals surface area contributed by atoms with Gasteiger partial charge in [0.1, 0.15) is 12.1 Å². The number of azide groups is 1. The average Bonchev–Trinajstić information content (AvgIpc) is 2.95. The van der Waals surface area contributed by atoms with Crippen molar-refractivity contribution < 1.29 is 28.6 Å². The Morgan fingerprint density at radius 3 is 2.03 bits per heavy atom. The fraction of sp³-hybridized carbons (Fsp3) is 0.269. The quantitative estimate of drug-likeness (QED) is 0.198. The Morgan fingerprint density at radius 2 is 1.51 bits per heavy atom. The van der Waals surface area contributed by atoms with E-state index in [9.17, 15) is 29.5 Å². The number of ether oxygens (including phenoxy) is 3. The molecular weight excluding hydrogens is 510 g/mol. The maximum absolute atomic E-state index is 13.1. The summed E-state index contributed by atoms with van der Waals surface area (Å²) in [7, 11) is 0. The first-order valence-electron chi connectivity index (χ1n) is 11.9. The fourth-order valence-electron chi connectivity index (χ4n) is 4.14. The number of nitrogens with zero attached hydrogens (tertiary/aromatic N) is 4. The van der Waals surface area contributed by atoms with Crippen LogP contribution in [-0.2, 0) is 19.0 Å². The largest absolute Gasteiger partial charge is 0.454 e. The topological polar surface area (TPSA) is 183 Å². The van der Waals surface area contributed by atoms with Gasteiger partial charge in [-0.2, -0.15) is 0 Å². The first-order valence-corrected chi connectivity index (χ1v) is 11.9. The number of rotatable bonds is 8. The van der Waals surface area contributed by atoms with Crippen molar-refractivity contribution >= 4 is 17.7 Å². The second-order valence-corrected chi connectivity index (χ2v) is 8.45. The Kier molecular flexibility index (Phi) is 8.34. The summed E-state index contributed by atoms with van der Waals surface area (Å²) in [5.41, 5.74) is 7.93. The van der Waals surface area contributed by atoms with Gasteiger partial charge < -0.3 is 14.2 Å². The van der Waals surface area contributed by atoms with E-state index >= 15 is 0 Å². The van der Waals surface area contributed by atoms with E-state index in [-0.39, 0.29) is 17.5 Å². The number of hydrogen-bond acceptors (Lipinski definition) is 9. The van der Waals surface area contributed by atoms with Gasteiger partial charge in [0, 0.05) is 23.6 Å². The van der Waals surface area contributed by atoms with Crippen molar-refractivity contribution in [2.45, 2.75) is 43.9 Å². The molecule has 3 aromatic rings. The van der Waals surface area contributed by atoms with E-state index in [0.717, 1.165) is 16.8 Å². The minimum Gasteiger partial charge on any atom is -0.454 e. The van der Waals surface area contributed by atoms with Crippen LogP contribution in [0.5, 0.6) is 0 Å². The molecule has 13 heteroatoms.